The van der Waals surface area contributed by atoms with Gasteiger partial charge in [0.2, 0.25) is 0 Å². The van der Waals surface area contributed by atoms with E-state index in [9.17, 15) is 9.18 Å². The molecule has 0 bridgehead atoms. The van der Waals surface area contributed by atoms with Gasteiger partial charge in [-0.15, -0.1) is 0 Å². The number of hydrogen-bond acceptors (Lipinski definition) is 2. The summed E-state index contributed by atoms with van der Waals surface area (Å²) in [5.74, 6) is -1.10. The average molecular weight is 265 g/mol. The van der Waals surface area contributed by atoms with Crippen LogP contribution in [0.5, 0.6) is 0 Å². The third-order valence-electron chi connectivity index (χ3n) is 3.96. The van der Waals surface area contributed by atoms with E-state index in [-0.39, 0.29) is 5.56 Å². The summed E-state index contributed by atoms with van der Waals surface area (Å²) in [4.78, 5) is 13.1. The molecule has 2 atom stereocenters. The van der Waals surface area contributed by atoms with E-state index in [1.165, 1.54) is 6.07 Å². The third kappa shape index (κ3) is 3.13. The Kier molecular flexibility index (Phi) is 4.20. The SMILES string of the molecule is CC1CCN(Cc2cccc(C(=O)O)c2F)C(C)C1. The maximum Gasteiger partial charge on any atom is 0.338 e. The summed E-state index contributed by atoms with van der Waals surface area (Å²) in [5.41, 5.74) is 0.233. The van der Waals surface area contributed by atoms with Gasteiger partial charge in [0, 0.05) is 18.2 Å². The van der Waals surface area contributed by atoms with E-state index in [1.807, 2.05) is 0 Å². The summed E-state index contributed by atoms with van der Waals surface area (Å²) in [7, 11) is 0. The first kappa shape index (κ1) is 14.0. The van der Waals surface area contributed by atoms with Crippen LogP contribution in [0.2, 0.25) is 0 Å². The second-order valence-corrected chi connectivity index (χ2v) is 5.53. The molecule has 2 unspecified atom stereocenters. The summed E-state index contributed by atoms with van der Waals surface area (Å²) >= 11 is 0. The maximum absolute atomic E-state index is 14.1. The lowest BCUT2D eigenvalue weighted by atomic mass is 9.93. The van der Waals surface area contributed by atoms with Crippen molar-refractivity contribution in [1.82, 2.24) is 4.90 Å². The molecule has 4 heteroatoms. The summed E-state index contributed by atoms with van der Waals surface area (Å²) in [6, 6.07) is 5.01. The Morgan fingerprint density at radius 2 is 2.21 bits per heavy atom. The fraction of sp³-hybridized carbons (Fsp3) is 0.533. The topological polar surface area (TPSA) is 40.5 Å². The number of likely N-dealkylation sites (tertiary alicyclic amines) is 1. The molecule has 0 saturated carbocycles. The summed E-state index contributed by atoms with van der Waals surface area (Å²) in [5, 5.41) is 8.93. The molecule has 19 heavy (non-hydrogen) atoms. The van der Waals surface area contributed by atoms with Crippen LogP contribution in [-0.2, 0) is 6.54 Å². The van der Waals surface area contributed by atoms with E-state index in [0.717, 1.165) is 19.4 Å². The van der Waals surface area contributed by atoms with Crippen LogP contribution in [0.3, 0.4) is 0 Å². The van der Waals surface area contributed by atoms with Crippen molar-refractivity contribution in [1.29, 1.82) is 0 Å². The fourth-order valence-corrected chi connectivity index (χ4v) is 2.78. The van der Waals surface area contributed by atoms with Crippen molar-refractivity contribution in [2.75, 3.05) is 6.54 Å². The molecular formula is C15H20FNO2. The quantitative estimate of drug-likeness (QED) is 0.912. The summed E-state index contributed by atoms with van der Waals surface area (Å²) in [6.07, 6.45) is 2.23. The van der Waals surface area contributed by atoms with E-state index < -0.39 is 11.8 Å². The zero-order valence-corrected chi connectivity index (χ0v) is 11.4. The van der Waals surface area contributed by atoms with Gasteiger partial charge in [-0.2, -0.15) is 0 Å². The number of aromatic carboxylic acids is 1. The molecule has 0 spiro atoms. The van der Waals surface area contributed by atoms with Gasteiger partial charge in [0.25, 0.3) is 0 Å². The highest BCUT2D eigenvalue weighted by atomic mass is 19.1. The third-order valence-corrected chi connectivity index (χ3v) is 3.96. The number of halogens is 1. The van der Waals surface area contributed by atoms with Gasteiger partial charge in [-0.05, 0) is 38.3 Å². The number of nitrogens with zero attached hydrogens (tertiary/aromatic N) is 1. The summed E-state index contributed by atoms with van der Waals surface area (Å²) in [6.45, 7) is 5.81. The minimum Gasteiger partial charge on any atom is -0.478 e. The Morgan fingerprint density at radius 3 is 2.84 bits per heavy atom. The molecule has 1 N–H and O–H groups in total. The van der Waals surface area contributed by atoms with Crippen molar-refractivity contribution in [2.24, 2.45) is 5.92 Å². The molecule has 0 amide bonds. The number of benzene rings is 1. The van der Waals surface area contributed by atoms with Crippen LogP contribution in [0, 0.1) is 11.7 Å². The van der Waals surface area contributed by atoms with Crippen molar-refractivity contribution < 1.29 is 14.3 Å². The number of hydrogen-bond donors (Lipinski definition) is 1. The van der Waals surface area contributed by atoms with Gasteiger partial charge in [0.05, 0.1) is 5.56 Å². The molecule has 104 valence electrons. The highest BCUT2D eigenvalue weighted by Crippen LogP contribution is 2.25. The van der Waals surface area contributed by atoms with Crippen molar-refractivity contribution in [2.45, 2.75) is 39.3 Å². The number of rotatable bonds is 3. The molecule has 1 aliphatic heterocycles. The first-order chi connectivity index (χ1) is 8.99. The minimum absolute atomic E-state index is 0.240. The molecule has 2 rings (SSSR count). The zero-order valence-electron chi connectivity index (χ0n) is 11.4. The average Bonchev–Trinajstić information content (AvgIpc) is 2.34. The molecule has 0 radical (unpaired) electrons. The number of carbonyl (C=O) groups is 1. The Labute approximate surface area is 113 Å². The minimum atomic E-state index is -1.21. The maximum atomic E-state index is 14.1. The predicted molar refractivity (Wildman–Crippen MR) is 71.6 cm³/mol. The normalized spacial score (nSPS) is 24.4. The molecule has 1 aromatic rings. The first-order valence-electron chi connectivity index (χ1n) is 6.73. The van der Waals surface area contributed by atoms with Gasteiger partial charge in [0.1, 0.15) is 5.82 Å². The lowest BCUT2D eigenvalue weighted by Crippen LogP contribution is -2.39. The van der Waals surface area contributed by atoms with Crippen molar-refractivity contribution >= 4 is 5.97 Å². The van der Waals surface area contributed by atoms with E-state index in [4.69, 9.17) is 5.11 Å². The van der Waals surface area contributed by atoms with Crippen LogP contribution in [-0.4, -0.2) is 28.6 Å². The van der Waals surface area contributed by atoms with Crippen LogP contribution < -0.4 is 0 Å². The second-order valence-electron chi connectivity index (χ2n) is 5.53. The largest absolute Gasteiger partial charge is 0.478 e. The molecule has 1 aromatic carbocycles. The second kappa shape index (κ2) is 5.70. The van der Waals surface area contributed by atoms with E-state index in [0.29, 0.717) is 24.1 Å². The number of carboxylic acid groups (broad SMARTS) is 1. The number of carboxylic acids is 1. The number of piperidine rings is 1. The van der Waals surface area contributed by atoms with E-state index in [2.05, 4.69) is 18.7 Å². The highest BCUT2D eigenvalue weighted by molar-refractivity contribution is 5.88. The molecule has 0 aliphatic carbocycles. The first-order valence-corrected chi connectivity index (χ1v) is 6.73. The Balaban J connectivity index is 2.15. The highest BCUT2D eigenvalue weighted by Gasteiger charge is 2.24. The van der Waals surface area contributed by atoms with Crippen LogP contribution in [0.1, 0.15) is 42.6 Å². The lowest BCUT2D eigenvalue weighted by Gasteiger charge is -2.36. The van der Waals surface area contributed by atoms with Gasteiger partial charge < -0.3 is 5.11 Å². The standard InChI is InChI=1S/C15H20FNO2/c1-10-6-7-17(11(2)8-10)9-12-4-3-5-13(14(12)16)15(18)19/h3-5,10-11H,6-9H2,1-2H3,(H,18,19). The van der Waals surface area contributed by atoms with Crippen LogP contribution in [0.25, 0.3) is 0 Å². The van der Waals surface area contributed by atoms with Gasteiger partial charge >= 0.3 is 5.97 Å². The van der Waals surface area contributed by atoms with Crippen molar-refractivity contribution in [3.05, 3.63) is 35.1 Å². The van der Waals surface area contributed by atoms with E-state index >= 15 is 0 Å². The molecule has 1 saturated heterocycles. The molecule has 1 aliphatic rings. The fourth-order valence-electron chi connectivity index (χ4n) is 2.78. The summed E-state index contributed by atoms with van der Waals surface area (Å²) < 4.78 is 14.1. The smallest absolute Gasteiger partial charge is 0.338 e. The van der Waals surface area contributed by atoms with Crippen LogP contribution in [0.15, 0.2) is 18.2 Å². The molecule has 1 fully saturated rings. The Hall–Kier alpha value is -1.42. The monoisotopic (exact) mass is 265 g/mol. The van der Waals surface area contributed by atoms with Crippen LogP contribution >= 0.6 is 0 Å². The molecule has 1 heterocycles. The lowest BCUT2D eigenvalue weighted by molar-refractivity contribution is 0.0691. The van der Waals surface area contributed by atoms with Gasteiger partial charge in [-0.3, -0.25) is 4.90 Å². The Morgan fingerprint density at radius 1 is 1.47 bits per heavy atom. The van der Waals surface area contributed by atoms with Gasteiger partial charge in [0.15, 0.2) is 0 Å². The predicted octanol–water partition coefficient (Wildman–Crippen LogP) is 3.14. The van der Waals surface area contributed by atoms with Crippen molar-refractivity contribution in [3.63, 3.8) is 0 Å². The van der Waals surface area contributed by atoms with Gasteiger partial charge in [-0.25, -0.2) is 9.18 Å². The Bertz CT molecular complexity index is 475. The molecule has 0 aromatic heterocycles. The van der Waals surface area contributed by atoms with E-state index in [1.54, 1.807) is 12.1 Å². The molecular weight excluding hydrogens is 245 g/mol. The van der Waals surface area contributed by atoms with Gasteiger partial charge in [-0.1, -0.05) is 19.1 Å². The molecule has 3 nitrogen and oxygen atoms in total. The van der Waals surface area contributed by atoms with Crippen molar-refractivity contribution in [3.8, 4) is 0 Å². The zero-order chi connectivity index (χ0) is 14.0. The van der Waals surface area contributed by atoms with Crippen LogP contribution in [0.4, 0.5) is 4.39 Å².